The summed E-state index contributed by atoms with van der Waals surface area (Å²) < 4.78 is 5.67. The fourth-order valence-corrected chi connectivity index (χ4v) is 4.80. The number of fused-ring (bicyclic) bond motifs is 1. The van der Waals surface area contributed by atoms with Gasteiger partial charge in [0.1, 0.15) is 12.1 Å². The number of amides is 3. The van der Waals surface area contributed by atoms with Gasteiger partial charge in [-0.25, -0.2) is 0 Å². The smallest absolute Gasteiger partial charge is 0.248 e. The van der Waals surface area contributed by atoms with E-state index in [4.69, 9.17) is 4.74 Å². The molecule has 3 N–H and O–H groups in total. The third-order valence-electron chi connectivity index (χ3n) is 6.81. The van der Waals surface area contributed by atoms with Gasteiger partial charge in [0.25, 0.3) is 0 Å². The van der Waals surface area contributed by atoms with Crippen LogP contribution < -0.4 is 16.0 Å². The molecule has 3 rings (SSSR count). The first kappa shape index (κ1) is 25.2. The van der Waals surface area contributed by atoms with Gasteiger partial charge in [0.15, 0.2) is 0 Å². The number of nitrogens with one attached hydrogen (secondary N) is 3. The van der Waals surface area contributed by atoms with Crippen LogP contribution in [0.15, 0.2) is 24.3 Å². The van der Waals surface area contributed by atoms with E-state index in [1.54, 1.807) is 25.8 Å². The summed E-state index contributed by atoms with van der Waals surface area (Å²) in [6, 6.07) is 6.36. The average molecular weight is 459 g/mol. The van der Waals surface area contributed by atoms with E-state index in [1.807, 2.05) is 19.1 Å². The molecule has 1 aliphatic heterocycles. The number of likely N-dealkylation sites (N-methyl/N-ethyl adjacent to an activating group) is 1. The Morgan fingerprint density at radius 3 is 2.64 bits per heavy atom. The predicted octanol–water partition coefficient (Wildman–Crippen LogP) is 1.69. The van der Waals surface area contributed by atoms with Gasteiger partial charge >= 0.3 is 0 Å². The number of hydrogen-bond acceptors (Lipinski definition) is 5. The molecule has 0 spiro atoms. The van der Waals surface area contributed by atoms with Crippen LogP contribution in [0.4, 0.5) is 0 Å². The summed E-state index contributed by atoms with van der Waals surface area (Å²) in [4.78, 5) is 41.0. The Balaban J connectivity index is 1.73. The summed E-state index contributed by atoms with van der Waals surface area (Å²) in [6.07, 6.45) is 3.80. The molecule has 8 nitrogen and oxygen atoms in total. The molecule has 1 aromatic rings. The minimum atomic E-state index is -0.850. The maximum Gasteiger partial charge on any atom is 0.248 e. The van der Waals surface area contributed by atoms with E-state index in [0.29, 0.717) is 19.6 Å². The van der Waals surface area contributed by atoms with Crippen molar-refractivity contribution in [2.24, 2.45) is 0 Å². The lowest BCUT2D eigenvalue weighted by molar-refractivity contribution is -0.145. The van der Waals surface area contributed by atoms with E-state index in [0.717, 1.165) is 25.7 Å². The van der Waals surface area contributed by atoms with Crippen LogP contribution in [0.2, 0.25) is 0 Å². The summed E-state index contributed by atoms with van der Waals surface area (Å²) >= 11 is 0. The van der Waals surface area contributed by atoms with Gasteiger partial charge in [-0.05, 0) is 71.0 Å². The maximum atomic E-state index is 13.5. The Morgan fingerprint density at radius 2 is 1.91 bits per heavy atom. The number of rotatable bonds is 9. The van der Waals surface area contributed by atoms with Crippen LogP contribution in [0.3, 0.4) is 0 Å². The summed E-state index contributed by atoms with van der Waals surface area (Å²) in [5.74, 6) is -0.670. The highest BCUT2D eigenvalue weighted by molar-refractivity contribution is 5.94. The van der Waals surface area contributed by atoms with Gasteiger partial charge in [0.05, 0.1) is 18.2 Å². The molecule has 0 unspecified atom stereocenters. The number of likely N-dealkylation sites (tertiary alicyclic amines) is 1. The molecular weight excluding hydrogens is 420 g/mol. The minimum absolute atomic E-state index is 0.0330. The SMILES string of the molecule is CCO[C@H](C)[C@H](NC(=O)[C@H](C)NC)C(=O)N1CCC[C@H]1C(=O)N[C@@H]1CCCc2ccccc21. The molecule has 0 radical (unpaired) electrons. The number of hydrogen-bond donors (Lipinski definition) is 3. The second-order valence-corrected chi connectivity index (χ2v) is 9.00. The van der Waals surface area contributed by atoms with Gasteiger partial charge in [-0.2, -0.15) is 0 Å². The van der Waals surface area contributed by atoms with E-state index < -0.39 is 24.2 Å². The second kappa shape index (κ2) is 11.6. The highest BCUT2D eigenvalue weighted by Crippen LogP contribution is 2.30. The Morgan fingerprint density at radius 1 is 1.15 bits per heavy atom. The predicted molar refractivity (Wildman–Crippen MR) is 127 cm³/mol. The highest BCUT2D eigenvalue weighted by Gasteiger charge is 2.40. The summed E-state index contributed by atoms with van der Waals surface area (Å²) in [7, 11) is 1.69. The van der Waals surface area contributed by atoms with E-state index in [1.165, 1.54) is 11.1 Å². The molecule has 5 atom stereocenters. The molecule has 3 amide bonds. The topological polar surface area (TPSA) is 99.8 Å². The van der Waals surface area contributed by atoms with Gasteiger partial charge in [-0.3, -0.25) is 14.4 Å². The zero-order valence-electron chi connectivity index (χ0n) is 20.2. The number of ether oxygens (including phenoxy) is 1. The van der Waals surface area contributed by atoms with Gasteiger partial charge < -0.3 is 25.6 Å². The van der Waals surface area contributed by atoms with Crippen LogP contribution in [-0.4, -0.2) is 67.1 Å². The first-order valence-electron chi connectivity index (χ1n) is 12.1. The Bertz CT molecular complexity index is 845. The standard InChI is InChI=1S/C25H38N4O4/c1-5-33-17(3)22(28-23(30)16(2)26-4)25(32)29-15-9-14-21(29)24(31)27-20-13-8-11-18-10-6-7-12-19(18)20/h6-7,10,12,16-17,20-22,26H,5,8-9,11,13-15H2,1-4H3,(H,27,31)(H,28,30)/t16-,17+,20+,21-,22-/m0/s1. The molecule has 0 saturated carbocycles. The monoisotopic (exact) mass is 458 g/mol. The van der Waals surface area contributed by atoms with E-state index in [-0.39, 0.29) is 23.8 Å². The van der Waals surface area contributed by atoms with Crippen LogP contribution >= 0.6 is 0 Å². The highest BCUT2D eigenvalue weighted by atomic mass is 16.5. The molecular formula is C25H38N4O4. The molecule has 1 fully saturated rings. The van der Waals surface area contributed by atoms with Crippen molar-refractivity contribution in [1.29, 1.82) is 0 Å². The second-order valence-electron chi connectivity index (χ2n) is 9.00. The third-order valence-corrected chi connectivity index (χ3v) is 6.81. The zero-order valence-corrected chi connectivity index (χ0v) is 20.2. The molecule has 1 aliphatic carbocycles. The van der Waals surface area contributed by atoms with Gasteiger partial charge in [0, 0.05) is 13.2 Å². The van der Waals surface area contributed by atoms with Crippen molar-refractivity contribution in [2.45, 2.75) is 83.1 Å². The maximum absolute atomic E-state index is 13.5. The van der Waals surface area contributed by atoms with Gasteiger partial charge in [-0.15, -0.1) is 0 Å². The van der Waals surface area contributed by atoms with E-state index in [9.17, 15) is 14.4 Å². The Labute approximate surface area is 196 Å². The van der Waals surface area contributed by atoms with Crippen molar-refractivity contribution in [2.75, 3.05) is 20.2 Å². The van der Waals surface area contributed by atoms with Crippen molar-refractivity contribution >= 4 is 17.7 Å². The molecule has 1 aromatic carbocycles. The number of nitrogens with zero attached hydrogens (tertiary/aromatic N) is 1. The normalized spacial score (nSPS) is 22.7. The van der Waals surface area contributed by atoms with Crippen molar-refractivity contribution in [3.8, 4) is 0 Å². The summed E-state index contributed by atoms with van der Waals surface area (Å²) in [5, 5.41) is 8.92. The van der Waals surface area contributed by atoms with Crippen LogP contribution in [-0.2, 0) is 25.5 Å². The van der Waals surface area contributed by atoms with Crippen molar-refractivity contribution < 1.29 is 19.1 Å². The molecule has 33 heavy (non-hydrogen) atoms. The lowest BCUT2D eigenvalue weighted by Gasteiger charge is -2.33. The van der Waals surface area contributed by atoms with E-state index >= 15 is 0 Å². The van der Waals surface area contributed by atoms with Crippen LogP contribution in [0, 0.1) is 0 Å². The van der Waals surface area contributed by atoms with Crippen LogP contribution in [0.1, 0.15) is 63.6 Å². The lowest BCUT2D eigenvalue weighted by atomic mass is 9.87. The molecule has 1 heterocycles. The fourth-order valence-electron chi connectivity index (χ4n) is 4.80. The molecule has 8 heteroatoms. The fraction of sp³-hybridized carbons (Fsp3) is 0.640. The third kappa shape index (κ3) is 5.92. The minimum Gasteiger partial charge on any atom is -0.376 e. The van der Waals surface area contributed by atoms with Crippen LogP contribution in [0.5, 0.6) is 0 Å². The van der Waals surface area contributed by atoms with Crippen molar-refractivity contribution in [1.82, 2.24) is 20.9 Å². The first-order valence-corrected chi connectivity index (χ1v) is 12.1. The van der Waals surface area contributed by atoms with E-state index in [2.05, 4.69) is 28.1 Å². The van der Waals surface area contributed by atoms with Crippen molar-refractivity contribution in [3.05, 3.63) is 35.4 Å². The lowest BCUT2D eigenvalue weighted by Crippen LogP contribution is -2.59. The first-order chi connectivity index (χ1) is 15.9. The summed E-state index contributed by atoms with van der Waals surface area (Å²) in [5.41, 5.74) is 2.45. The molecule has 182 valence electrons. The Kier molecular flexibility index (Phi) is 8.86. The largest absolute Gasteiger partial charge is 0.376 e. The zero-order chi connectivity index (χ0) is 24.0. The number of aryl methyl sites for hydroxylation is 1. The average Bonchev–Trinajstić information content (AvgIpc) is 3.32. The Hall–Kier alpha value is -2.45. The van der Waals surface area contributed by atoms with Gasteiger partial charge in [0.2, 0.25) is 17.7 Å². The molecule has 0 bridgehead atoms. The molecule has 2 aliphatic rings. The van der Waals surface area contributed by atoms with Gasteiger partial charge in [-0.1, -0.05) is 24.3 Å². The van der Waals surface area contributed by atoms with Crippen LogP contribution in [0.25, 0.3) is 0 Å². The number of carbonyl (C=O) groups is 3. The number of benzene rings is 1. The quantitative estimate of drug-likeness (QED) is 0.523. The van der Waals surface area contributed by atoms with Crippen molar-refractivity contribution in [3.63, 3.8) is 0 Å². The molecule has 0 aromatic heterocycles. The molecule has 1 saturated heterocycles. The number of carbonyl (C=O) groups excluding carboxylic acids is 3. The summed E-state index contributed by atoms with van der Waals surface area (Å²) in [6.45, 7) is 6.28.